The summed E-state index contributed by atoms with van der Waals surface area (Å²) in [5, 5.41) is 6.05. The van der Waals surface area contributed by atoms with E-state index in [2.05, 4.69) is 10.3 Å². The van der Waals surface area contributed by atoms with Gasteiger partial charge in [-0.05, 0) is 26.3 Å². The van der Waals surface area contributed by atoms with Crippen molar-refractivity contribution in [1.29, 1.82) is 0 Å². The summed E-state index contributed by atoms with van der Waals surface area (Å²) in [5.74, 6) is 0.170. The van der Waals surface area contributed by atoms with Crippen molar-refractivity contribution in [3.8, 4) is 0 Å². The molecule has 96 valence electrons. The number of aryl methyl sites for hydroxylation is 1. The Labute approximate surface area is 107 Å². The summed E-state index contributed by atoms with van der Waals surface area (Å²) in [7, 11) is 0. The number of thiazole rings is 1. The molecule has 3 N–H and O–H groups in total. The molecular weight excluding hydrogens is 234 g/mol. The van der Waals surface area contributed by atoms with E-state index in [-0.39, 0.29) is 11.8 Å². The molecule has 0 fully saturated rings. The van der Waals surface area contributed by atoms with Crippen molar-refractivity contribution >= 4 is 17.2 Å². The van der Waals surface area contributed by atoms with Crippen LogP contribution in [0.15, 0.2) is 5.38 Å². The first-order valence-electron chi connectivity index (χ1n) is 6.02. The van der Waals surface area contributed by atoms with E-state index >= 15 is 0 Å². The molecule has 0 radical (unpaired) electrons. The van der Waals surface area contributed by atoms with E-state index < -0.39 is 0 Å². The number of carbonyl (C=O) groups excluding carboxylic acids is 1. The molecule has 1 atom stereocenters. The van der Waals surface area contributed by atoms with Gasteiger partial charge in [0.15, 0.2) is 0 Å². The smallest absolute Gasteiger partial charge is 0.222 e. The molecule has 1 unspecified atom stereocenters. The number of nitrogens with two attached hydrogens (primary N) is 1. The zero-order chi connectivity index (χ0) is 12.7. The number of rotatable bonds is 7. The predicted octanol–water partition coefficient (Wildman–Crippen LogP) is 1.49. The van der Waals surface area contributed by atoms with Crippen LogP contribution in [-0.4, -0.2) is 24.0 Å². The Morgan fingerprint density at radius 2 is 2.41 bits per heavy atom. The Balaban J connectivity index is 2.19. The molecule has 1 rings (SSSR count). The maximum Gasteiger partial charge on any atom is 0.222 e. The molecule has 1 amide bonds. The van der Waals surface area contributed by atoms with Crippen molar-refractivity contribution in [1.82, 2.24) is 10.3 Å². The molecule has 0 aliphatic heterocycles. The Morgan fingerprint density at radius 3 is 3.00 bits per heavy atom. The summed E-state index contributed by atoms with van der Waals surface area (Å²) in [4.78, 5) is 16.0. The van der Waals surface area contributed by atoms with Crippen molar-refractivity contribution in [2.75, 3.05) is 13.1 Å². The highest BCUT2D eigenvalue weighted by molar-refractivity contribution is 7.09. The van der Waals surface area contributed by atoms with E-state index in [4.69, 9.17) is 5.73 Å². The number of hydrogen-bond acceptors (Lipinski definition) is 4. The van der Waals surface area contributed by atoms with Gasteiger partial charge in [0.05, 0.1) is 5.01 Å². The van der Waals surface area contributed by atoms with Crippen LogP contribution >= 0.6 is 11.3 Å². The molecule has 0 saturated carbocycles. The van der Waals surface area contributed by atoms with Gasteiger partial charge in [-0.1, -0.05) is 6.92 Å². The van der Waals surface area contributed by atoms with E-state index in [0.29, 0.717) is 13.1 Å². The van der Waals surface area contributed by atoms with Crippen LogP contribution in [0.1, 0.15) is 30.5 Å². The quantitative estimate of drug-likeness (QED) is 0.775. The standard InChI is InChI=1S/C12H21N3OS/c1-9(4-3-6-13)12(16)14-7-5-11-15-10(2)8-17-11/h8-9H,3-7,13H2,1-2H3,(H,14,16). The third-order valence-electron chi connectivity index (χ3n) is 2.59. The van der Waals surface area contributed by atoms with Crippen LogP contribution in [0, 0.1) is 12.8 Å². The third-order valence-corrected chi connectivity index (χ3v) is 3.62. The average molecular weight is 255 g/mol. The molecule has 0 bridgehead atoms. The van der Waals surface area contributed by atoms with Gasteiger partial charge in [0.25, 0.3) is 0 Å². The van der Waals surface area contributed by atoms with Gasteiger partial charge in [0.1, 0.15) is 0 Å². The number of carbonyl (C=O) groups is 1. The van der Waals surface area contributed by atoms with Crippen molar-refractivity contribution in [2.24, 2.45) is 11.7 Å². The van der Waals surface area contributed by atoms with Crippen LogP contribution in [-0.2, 0) is 11.2 Å². The van der Waals surface area contributed by atoms with Crippen molar-refractivity contribution in [2.45, 2.75) is 33.1 Å². The summed E-state index contributed by atoms with van der Waals surface area (Å²) in [6, 6.07) is 0. The molecule has 0 spiro atoms. The minimum atomic E-state index is 0.0524. The number of hydrogen-bond donors (Lipinski definition) is 2. The number of nitrogens with one attached hydrogen (secondary N) is 1. The normalized spacial score (nSPS) is 12.4. The Bertz CT molecular complexity index is 351. The van der Waals surface area contributed by atoms with Crippen molar-refractivity contribution < 1.29 is 4.79 Å². The van der Waals surface area contributed by atoms with Gasteiger partial charge in [0.2, 0.25) is 5.91 Å². The summed E-state index contributed by atoms with van der Waals surface area (Å²) in [6.45, 7) is 5.24. The first-order chi connectivity index (χ1) is 8.13. The van der Waals surface area contributed by atoms with Crippen LogP contribution in [0.25, 0.3) is 0 Å². The molecule has 0 aromatic carbocycles. The lowest BCUT2D eigenvalue weighted by Gasteiger charge is -2.10. The van der Waals surface area contributed by atoms with Crippen LogP contribution < -0.4 is 11.1 Å². The number of aromatic nitrogens is 1. The second kappa shape index (κ2) is 7.40. The first-order valence-corrected chi connectivity index (χ1v) is 6.90. The van der Waals surface area contributed by atoms with E-state index in [0.717, 1.165) is 30.0 Å². The number of amides is 1. The highest BCUT2D eigenvalue weighted by Crippen LogP contribution is 2.09. The van der Waals surface area contributed by atoms with Crippen LogP contribution in [0.4, 0.5) is 0 Å². The fourth-order valence-electron chi connectivity index (χ4n) is 1.54. The lowest BCUT2D eigenvalue weighted by atomic mass is 10.1. The molecule has 1 aromatic rings. The molecule has 0 saturated heterocycles. The topological polar surface area (TPSA) is 68.0 Å². The second-order valence-corrected chi connectivity index (χ2v) is 5.20. The second-order valence-electron chi connectivity index (χ2n) is 4.26. The lowest BCUT2D eigenvalue weighted by molar-refractivity contribution is -0.124. The molecule has 1 heterocycles. The predicted molar refractivity (Wildman–Crippen MR) is 71.0 cm³/mol. The molecule has 4 nitrogen and oxygen atoms in total. The van der Waals surface area contributed by atoms with Gasteiger partial charge in [-0.3, -0.25) is 4.79 Å². The maximum absolute atomic E-state index is 11.7. The minimum absolute atomic E-state index is 0.0524. The molecule has 0 aliphatic carbocycles. The van der Waals surface area contributed by atoms with Gasteiger partial charge < -0.3 is 11.1 Å². The van der Waals surface area contributed by atoms with Gasteiger partial charge in [-0.2, -0.15) is 0 Å². The van der Waals surface area contributed by atoms with Crippen molar-refractivity contribution in [3.63, 3.8) is 0 Å². The average Bonchev–Trinajstić information content (AvgIpc) is 2.71. The maximum atomic E-state index is 11.7. The zero-order valence-corrected chi connectivity index (χ0v) is 11.3. The Kier molecular flexibility index (Phi) is 6.15. The zero-order valence-electron chi connectivity index (χ0n) is 10.5. The van der Waals surface area contributed by atoms with Gasteiger partial charge in [0, 0.05) is 30.0 Å². The van der Waals surface area contributed by atoms with E-state index in [1.165, 1.54) is 0 Å². The molecule has 1 aromatic heterocycles. The highest BCUT2D eigenvalue weighted by atomic mass is 32.1. The summed E-state index contributed by atoms with van der Waals surface area (Å²) >= 11 is 1.64. The van der Waals surface area contributed by atoms with Gasteiger partial charge in [-0.25, -0.2) is 4.98 Å². The minimum Gasteiger partial charge on any atom is -0.355 e. The SMILES string of the molecule is Cc1csc(CCNC(=O)C(C)CCCN)n1. The highest BCUT2D eigenvalue weighted by Gasteiger charge is 2.11. The largest absolute Gasteiger partial charge is 0.355 e. The third kappa shape index (κ3) is 5.28. The Hall–Kier alpha value is -0.940. The fraction of sp³-hybridized carbons (Fsp3) is 0.667. The molecule has 5 heteroatoms. The fourth-order valence-corrected chi connectivity index (χ4v) is 2.32. The summed E-state index contributed by atoms with van der Waals surface area (Å²) in [5.41, 5.74) is 6.47. The van der Waals surface area contributed by atoms with Crippen molar-refractivity contribution in [3.05, 3.63) is 16.1 Å². The Morgan fingerprint density at radius 1 is 1.65 bits per heavy atom. The van der Waals surface area contributed by atoms with Gasteiger partial charge >= 0.3 is 0 Å². The van der Waals surface area contributed by atoms with Crippen LogP contribution in [0.5, 0.6) is 0 Å². The molecule has 17 heavy (non-hydrogen) atoms. The van der Waals surface area contributed by atoms with E-state index in [1.54, 1.807) is 11.3 Å². The number of nitrogens with zero attached hydrogens (tertiary/aromatic N) is 1. The van der Waals surface area contributed by atoms with E-state index in [9.17, 15) is 4.79 Å². The van der Waals surface area contributed by atoms with Gasteiger partial charge in [-0.15, -0.1) is 11.3 Å². The van der Waals surface area contributed by atoms with Crippen LogP contribution in [0.2, 0.25) is 0 Å². The van der Waals surface area contributed by atoms with Crippen LogP contribution in [0.3, 0.4) is 0 Å². The van der Waals surface area contributed by atoms with E-state index in [1.807, 2.05) is 19.2 Å². The molecule has 0 aliphatic rings. The molecular formula is C12H21N3OS. The monoisotopic (exact) mass is 255 g/mol. The summed E-state index contributed by atoms with van der Waals surface area (Å²) in [6.07, 6.45) is 2.58. The first kappa shape index (κ1) is 14.1. The summed E-state index contributed by atoms with van der Waals surface area (Å²) < 4.78 is 0. The lowest BCUT2D eigenvalue weighted by Crippen LogP contribution is -2.31.